The third kappa shape index (κ3) is 4.05. The molecule has 0 aromatic heterocycles. The van der Waals surface area contributed by atoms with E-state index in [0.717, 1.165) is 5.56 Å². The van der Waals surface area contributed by atoms with Crippen molar-refractivity contribution in [1.29, 1.82) is 0 Å². The van der Waals surface area contributed by atoms with Gasteiger partial charge in [0, 0.05) is 5.69 Å². The Morgan fingerprint density at radius 2 is 2.06 bits per heavy atom. The summed E-state index contributed by atoms with van der Waals surface area (Å²) in [5, 5.41) is 16.0. The van der Waals surface area contributed by atoms with Gasteiger partial charge in [0.25, 0.3) is 5.96 Å². The Morgan fingerprint density at radius 1 is 1.44 bits per heavy atom. The molecule has 8 heteroatoms. The molecule has 0 saturated heterocycles. The topological polar surface area (TPSA) is 132 Å². The van der Waals surface area contributed by atoms with Crippen molar-refractivity contribution in [2.75, 3.05) is 5.73 Å². The lowest BCUT2D eigenvalue weighted by molar-refractivity contribution is -0.525. The molecule has 8 nitrogen and oxygen atoms in total. The van der Waals surface area contributed by atoms with E-state index in [9.17, 15) is 10.1 Å². The second-order valence-corrected chi connectivity index (χ2v) is 2.77. The first kappa shape index (κ1) is 11.4. The van der Waals surface area contributed by atoms with E-state index in [1.807, 2.05) is 0 Å². The molecule has 0 fully saturated rings. The molecule has 0 radical (unpaired) electrons. The molecule has 16 heavy (non-hydrogen) atoms. The summed E-state index contributed by atoms with van der Waals surface area (Å²) in [6.45, 7) is 0. The number of nitrogens with zero attached hydrogens (tertiary/aromatic N) is 3. The fourth-order valence-electron chi connectivity index (χ4n) is 0.856. The molecule has 1 aromatic rings. The largest absolute Gasteiger partial charge is 0.399 e. The first-order chi connectivity index (χ1) is 7.58. The molecule has 0 spiro atoms. The summed E-state index contributed by atoms with van der Waals surface area (Å²) >= 11 is 0. The van der Waals surface area contributed by atoms with Crippen molar-refractivity contribution in [3.63, 3.8) is 0 Å². The van der Waals surface area contributed by atoms with Crippen LogP contribution >= 0.6 is 0 Å². The molecular formula is C8H10N6O2. The lowest BCUT2D eigenvalue weighted by Crippen LogP contribution is -2.35. The lowest BCUT2D eigenvalue weighted by Gasteiger charge is -1.93. The van der Waals surface area contributed by atoms with Crippen LogP contribution in [0.3, 0.4) is 0 Å². The van der Waals surface area contributed by atoms with Gasteiger partial charge in [0.1, 0.15) is 0 Å². The van der Waals surface area contributed by atoms with Gasteiger partial charge in [-0.1, -0.05) is 17.6 Å². The quantitative estimate of drug-likeness (QED) is 0.212. The van der Waals surface area contributed by atoms with Gasteiger partial charge in [0.05, 0.1) is 6.21 Å². The highest BCUT2D eigenvalue weighted by molar-refractivity contribution is 5.82. The summed E-state index contributed by atoms with van der Waals surface area (Å²) < 4.78 is 0. The van der Waals surface area contributed by atoms with Gasteiger partial charge in [0.2, 0.25) is 0 Å². The molecule has 0 unspecified atom stereocenters. The van der Waals surface area contributed by atoms with Gasteiger partial charge in [-0.2, -0.15) is 5.10 Å². The van der Waals surface area contributed by atoms with Crippen LogP contribution < -0.4 is 16.9 Å². The highest BCUT2D eigenvalue weighted by Gasteiger charge is 1.96. The highest BCUT2D eigenvalue weighted by atomic mass is 16.7. The van der Waals surface area contributed by atoms with E-state index in [1.54, 1.807) is 29.7 Å². The van der Waals surface area contributed by atoms with Crippen LogP contribution in [0.1, 0.15) is 5.56 Å². The van der Waals surface area contributed by atoms with Crippen LogP contribution in [0, 0.1) is 10.1 Å². The van der Waals surface area contributed by atoms with Crippen molar-refractivity contribution in [2.24, 2.45) is 15.9 Å². The predicted octanol–water partition coefficient (Wildman–Crippen LogP) is -0.301. The number of hydrogen-bond acceptors (Lipinski definition) is 5. The van der Waals surface area contributed by atoms with Gasteiger partial charge >= 0.3 is 0 Å². The standard InChI is InChI=1S/C8H10N6O2/c9-7-3-1-6(2-4-7)5-11-12-8(10)13-14(15)16/h1-5H,9H2,(H3,10,12,13). The Kier molecular flexibility index (Phi) is 3.78. The zero-order valence-electron chi connectivity index (χ0n) is 8.20. The highest BCUT2D eigenvalue weighted by Crippen LogP contribution is 2.02. The molecule has 0 bridgehead atoms. The first-order valence-electron chi connectivity index (χ1n) is 4.21. The normalized spacial score (nSPS) is 11.6. The van der Waals surface area contributed by atoms with Gasteiger partial charge < -0.3 is 11.5 Å². The maximum absolute atomic E-state index is 9.95. The summed E-state index contributed by atoms with van der Waals surface area (Å²) in [5.74, 6) is -0.392. The fraction of sp³-hybridized carbons (Fsp3) is 0. The summed E-state index contributed by atoms with van der Waals surface area (Å²) in [6, 6.07) is 6.85. The Hall–Kier alpha value is -2.64. The van der Waals surface area contributed by atoms with E-state index in [2.05, 4.69) is 10.2 Å². The van der Waals surface area contributed by atoms with Gasteiger partial charge in [-0.05, 0) is 17.7 Å². The number of benzene rings is 1. The van der Waals surface area contributed by atoms with Crippen LogP contribution in [0.25, 0.3) is 0 Å². The number of hydrazine groups is 1. The molecule has 1 aromatic carbocycles. The molecule has 0 aliphatic heterocycles. The van der Waals surface area contributed by atoms with Crippen LogP contribution in [0.2, 0.25) is 0 Å². The smallest absolute Gasteiger partial charge is 0.275 e. The Balaban J connectivity index is 2.60. The van der Waals surface area contributed by atoms with Crippen LogP contribution in [0.5, 0.6) is 0 Å². The van der Waals surface area contributed by atoms with Gasteiger partial charge in [-0.3, -0.25) is 0 Å². The molecular weight excluding hydrogens is 212 g/mol. The molecule has 1 rings (SSSR count). The summed E-state index contributed by atoms with van der Waals surface area (Å²) in [6.07, 6.45) is 1.40. The molecule has 0 saturated carbocycles. The maximum Gasteiger partial charge on any atom is 0.275 e. The van der Waals surface area contributed by atoms with Crippen LogP contribution in [-0.2, 0) is 0 Å². The molecule has 0 aliphatic rings. The van der Waals surface area contributed by atoms with E-state index >= 15 is 0 Å². The number of nitrogens with two attached hydrogens (primary N) is 2. The average molecular weight is 222 g/mol. The first-order valence-corrected chi connectivity index (χ1v) is 4.21. The molecule has 0 atom stereocenters. The van der Waals surface area contributed by atoms with E-state index in [4.69, 9.17) is 11.5 Å². The Morgan fingerprint density at radius 3 is 2.62 bits per heavy atom. The molecule has 84 valence electrons. The summed E-state index contributed by atoms with van der Waals surface area (Å²) in [4.78, 5) is 9.95. The van der Waals surface area contributed by atoms with Crippen molar-refractivity contribution >= 4 is 17.9 Å². The monoisotopic (exact) mass is 222 g/mol. The van der Waals surface area contributed by atoms with Crippen molar-refractivity contribution in [2.45, 2.75) is 0 Å². The number of hydrogen-bond donors (Lipinski definition) is 3. The van der Waals surface area contributed by atoms with E-state index in [-0.39, 0.29) is 0 Å². The summed E-state index contributed by atoms with van der Waals surface area (Å²) in [5.41, 5.74) is 13.7. The second kappa shape index (κ2) is 5.29. The summed E-state index contributed by atoms with van der Waals surface area (Å²) in [7, 11) is 0. The van der Waals surface area contributed by atoms with E-state index < -0.39 is 11.0 Å². The van der Waals surface area contributed by atoms with Crippen molar-refractivity contribution < 1.29 is 5.03 Å². The Bertz CT molecular complexity index is 425. The molecule has 5 N–H and O–H groups in total. The zero-order valence-corrected chi connectivity index (χ0v) is 8.20. The minimum Gasteiger partial charge on any atom is -0.399 e. The third-order valence-corrected chi connectivity index (χ3v) is 1.51. The van der Waals surface area contributed by atoms with Gasteiger partial charge in [-0.15, -0.1) is 5.10 Å². The zero-order chi connectivity index (χ0) is 12.0. The number of guanidine groups is 1. The predicted molar refractivity (Wildman–Crippen MR) is 60.2 cm³/mol. The Labute approximate surface area is 90.8 Å². The number of nitrogens with one attached hydrogen (secondary N) is 1. The van der Waals surface area contributed by atoms with E-state index in [1.165, 1.54) is 6.21 Å². The maximum atomic E-state index is 9.95. The van der Waals surface area contributed by atoms with Crippen molar-refractivity contribution in [1.82, 2.24) is 5.43 Å². The molecule has 0 amide bonds. The number of rotatable bonds is 3. The van der Waals surface area contributed by atoms with Crippen LogP contribution in [0.4, 0.5) is 5.69 Å². The number of anilines is 1. The van der Waals surface area contributed by atoms with Gasteiger partial charge in [0.15, 0.2) is 5.03 Å². The SMILES string of the molecule is N/C(=N\N=Cc1ccc(N)cc1)N[N+](=O)[O-]. The van der Waals surface area contributed by atoms with Crippen LogP contribution in [-0.4, -0.2) is 17.2 Å². The lowest BCUT2D eigenvalue weighted by atomic mass is 10.2. The minimum absolute atomic E-state index is 0.392. The van der Waals surface area contributed by atoms with Crippen molar-refractivity contribution in [3.05, 3.63) is 39.9 Å². The minimum atomic E-state index is -0.822. The van der Waals surface area contributed by atoms with Crippen LogP contribution in [0.15, 0.2) is 34.5 Å². The van der Waals surface area contributed by atoms with Gasteiger partial charge in [-0.25, -0.2) is 10.1 Å². The number of nitrogen functional groups attached to an aromatic ring is 1. The van der Waals surface area contributed by atoms with Crippen molar-refractivity contribution in [3.8, 4) is 0 Å². The fourth-order valence-corrected chi connectivity index (χ4v) is 0.856. The molecule has 0 aliphatic carbocycles. The average Bonchev–Trinajstić information content (AvgIpc) is 2.20. The van der Waals surface area contributed by atoms with E-state index in [0.29, 0.717) is 5.69 Å². The second-order valence-electron chi connectivity index (χ2n) is 2.77. The molecule has 0 heterocycles. The third-order valence-electron chi connectivity index (χ3n) is 1.51. The number of nitro groups is 1.